The standard InChI is InChI=1S/C28H24ClFN4O2S/c1-36-22-9-4-18(5-10-22)26-24(34-23-11-6-20(29)16-25(23)37-28(34)31-26)17-32-12-14-33(15-13-32)27(35)19-2-7-21(30)8-3-19/h2-11,16H,12-15,17H2,1H3. The van der Waals surface area contributed by atoms with Crippen LogP contribution in [-0.2, 0) is 6.54 Å². The van der Waals surface area contributed by atoms with Gasteiger partial charge in [-0.1, -0.05) is 22.9 Å². The van der Waals surface area contributed by atoms with E-state index in [1.165, 1.54) is 12.1 Å². The number of carbonyl (C=O) groups is 1. The van der Waals surface area contributed by atoms with E-state index in [2.05, 4.69) is 9.30 Å². The lowest BCUT2D eigenvalue weighted by molar-refractivity contribution is 0.0627. The molecule has 1 amide bonds. The Morgan fingerprint density at radius 2 is 1.76 bits per heavy atom. The van der Waals surface area contributed by atoms with E-state index in [0.717, 1.165) is 51.0 Å². The van der Waals surface area contributed by atoms with Gasteiger partial charge in [-0.3, -0.25) is 14.1 Å². The summed E-state index contributed by atoms with van der Waals surface area (Å²) >= 11 is 7.88. The molecule has 5 aromatic rings. The van der Waals surface area contributed by atoms with E-state index in [1.807, 2.05) is 47.4 Å². The van der Waals surface area contributed by atoms with Crippen LogP contribution in [0.2, 0.25) is 5.02 Å². The van der Waals surface area contributed by atoms with Crippen LogP contribution in [0.1, 0.15) is 16.1 Å². The van der Waals surface area contributed by atoms with Gasteiger partial charge >= 0.3 is 0 Å². The molecule has 0 bridgehead atoms. The summed E-state index contributed by atoms with van der Waals surface area (Å²) in [6, 6.07) is 19.6. The lowest BCUT2D eigenvalue weighted by Crippen LogP contribution is -2.48. The van der Waals surface area contributed by atoms with Crippen LogP contribution < -0.4 is 4.74 Å². The molecule has 9 heteroatoms. The number of hydrogen-bond acceptors (Lipinski definition) is 5. The first-order chi connectivity index (χ1) is 18.0. The van der Waals surface area contributed by atoms with Crippen LogP contribution in [0.15, 0.2) is 66.7 Å². The maximum absolute atomic E-state index is 13.3. The van der Waals surface area contributed by atoms with Gasteiger partial charge < -0.3 is 9.64 Å². The molecule has 3 aromatic carbocycles. The zero-order chi connectivity index (χ0) is 25.5. The molecule has 6 rings (SSSR count). The highest BCUT2D eigenvalue weighted by Crippen LogP contribution is 2.35. The number of methoxy groups -OCH3 is 1. The molecule has 0 spiro atoms. The molecule has 1 fully saturated rings. The minimum atomic E-state index is -0.343. The molecule has 1 saturated heterocycles. The normalized spacial score (nSPS) is 14.5. The molecule has 6 nitrogen and oxygen atoms in total. The SMILES string of the molecule is COc1ccc(-c2nc3sc4cc(Cl)ccc4n3c2CN2CCN(C(=O)c3ccc(F)cc3)CC2)cc1. The zero-order valence-electron chi connectivity index (χ0n) is 20.2. The number of hydrogen-bond donors (Lipinski definition) is 0. The second-order valence-electron chi connectivity index (χ2n) is 9.04. The quantitative estimate of drug-likeness (QED) is 0.278. The third-order valence-electron chi connectivity index (χ3n) is 6.79. The van der Waals surface area contributed by atoms with E-state index in [4.69, 9.17) is 21.3 Å². The van der Waals surface area contributed by atoms with Crippen LogP contribution >= 0.6 is 22.9 Å². The second kappa shape index (κ2) is 9.78. The number of thiazole rings is 1. The Morgan fingerprint density at radius 3 is 2.46 bits per heavy atom. The maximum Gasteiger partial charge on any atom is 0.253 e. The van der Waals surface area contributed by atoms with Crippen molar-refractivity contribution in [1.29, 1.82) is 0 Å². The van der Waals surface area contributed by atoms with E-state index in [-0.39, 0.29) is 11.7 Å². The fourth-order valence-corrected chi connectivity index (χ4v) is 6.14. The van der Waals surface area contributed by atoms with Crippen LogP contribution in [-0.4, -0.2) is 58.4 Å². The number of fused-ring (bicyclic) bond motifs is 3. The van der Waals surface area contributed by atoms with Gasteiger partial charge in [-0.25, -0.2) is 9.37 Å². The number of rotatable bonds is 5. The van der Waals surface area contributed by atoms with Gasteiger partial charge in [0.15, 0.2) is 4.96 Å². The number of halogens is 2. The van der Waals surface area contributed by atoms with Crippen molar-refractivity contribution >= 4 is 44.0 Å². The van der Waals surface area contributed by atoms with Crippen molar-refractivity contribution < 1.29 is 13.9 Å². The number of aromatic nitrogens is 2. The highest BCUT2D eigenvalue weighted by atomic mass is 35.5. The largest absolute Gasteiger partial charge is 0.497 e. The van der Waals surface area contributed by atoms with Crippen LogP contribution in [0.4, 0.5) is 4.39 Å². The number of ether oxygens (including phenoxy) is 1. The number of piperazine rings is 1. The molecule has 1 aliphatic rings. The summed E-state index contributed by atoms with van der Waals surface area (Å²) in [5, 5.41) is 0.705. The molecular weight excluding hydrogens is 511 g/mol. The average Bonchev–Trinajstić information content (AvgIpc) is 3.45. The van der Waals surface area contributed by atoms with Gasteiger partial charge in [0.1, 0.15) is 11.6 Å². The van der Waals surface area contributed by atoms with Gasteiger partial charge in [-0.05, 0) is 66.7 Å². The molecule has 0 aliphatic carbocycles. The molecule has 188 valence electrons. The fraction of sp³-hybridized carbons (Fsp3) is 0.214. The molecule has 0 N–H and O–H groups in total. The summed E-state index contributed by atoms with van der Waals surface area (Å²) in [5.41, 5.74) is 4.66. The van der Waals surface area contributed by atoms with Crippen molar-refractivity contribution in [3.8, 4) is 17.0 Å². The van der Waals surface area contributed by atoms with Crippen molar-refractivity contribution in [3.63, 3.8) is 0 Å². The molecule has 37 heavy (non-hydrogen) atoms. The lowest BCUT2D eigenvalue weighted by atomic mass is 10.1. The minimum absolute atomic E-state index is 0.0639. The number of carbonyl (C=O) groups excluding carboxylic acids is 1. The Labute approximate surface area is 222 Å². The Bertz CT molecular complexity index is 1590. The second-order valence-corrected chi connectivity index (χ2v) is 10.5. The van der Waals surface area contributed by atoms with Crippen molar-refractivity contribution in [2.45, 2.75) is 6.54 Å². The first-order valence-electron chi connectivity index (χ1n) is 12.0. The fourth-order valence-electron chi connectivity index (χ4n) is 4.82. The topological polar surface area (TPSA) is 50.1 Å². The van der Waals surface area contributed by atoms with Crippen LogP contribution in [0.5, 0.6) is 5.75 Å². The minimum Gasteiger partial charge on any atom is -0.497 e. The number of amides is 1. The Kier molecular flexibility index (Phi) is 6.32. The van der Waals surface area contributed by atoms with E-state index in [9.17, 15) is 9.18 Å². The summed E-state index contributed by atoms with van der Waals surface area (Å²) < 4.78 is 21.9. The van der Waals surface area contributed by atoms with Gasteiger partial charge in [0.05, 0.1) is 28.7 Å². The summed E-state index contributed by atoms with van der Waals surface area (Å²) in [6.07, 6.45) is 0. The van der Waals surface area contributed by atoms with Crippen molar-refractivity contribution in [1.82, 2.24) is 19.2 Å². The summed E-state index contributed by atoms with van der Waals surface area (Å²) in [7, 11) is 1.66. The molecule has 1 aliphatic heterocycles. The summed E-state index contributed by atoms with van der Waals surface area (Å²) in [5.74, 6) is 0.392. The first-order valence-corrected chi connectivity index (χ1v) is 13.2. The van der Waals surface area contributed by atoms with Crippen LogP contribution in [0.3, 0.4) is 0 Å². The van der Waals surface area contributed by atoms with Gasteiger partial charge in [-0.15, -0.1) is 0 Å². The number of benzene rings is 3. The van der Waals surface area contributed by atoms with E-state index in [1.54, 1.807) is 30.6 Å². The summed E-state index contributed by atoms with van der Waals surface area (Å²) in [4.78, 5) is 23.0. The van der Waals surface area contributed by atoms with Gasteiger partial charge in [0, 0.05) is 48.9 Å². The highest BCUT2D eigenvalue weighted by Gasteiger charge is 2.25. The summed E-state index contributed by atoms with van der Waals surface area (Å²) in [6.45, 7) is 3.37. The maximum atomic E-state index is 13.3. The van der Waals surface area contributed by atoms with E-state index in [0.29, 0.717) is 30.2 Å². The molecule has 0 saturated carbocycles. The van der Waals surface area contributed by atoms with Gasteiger partial charge in [0.25, 0.3) is 5.91 Å². The Hall–Kier alpha value is -3.46. The van der Waals surface area contributed by atoms with Gasteiger partial charge in [0.2, 0.25) is 0 Å². The lowest BCUT2D eigenvalue weighted by Gasteiger charge is -2.34. The predicted octanol–water partition coefficient (Wildman–Crippen LogP) is 5.98. The predicted molar refractivity (Wildman–Crippen MR) is 145 cm³/mol. The molecule has 2 aromatic heterocycles. The smallest absolute Gasteiger partial charge is 0.253 e. The monoisotopic (exact) mass is 534 g/mol. The average molecular weight is 535 g/mol. The zero-order valence-corrected chi connectivity index (χ0v) is 21.7. The first kappa shape index (κ1) is 23.9. The molecule has 0 unspecified atom stereocenters. The van der Waals surface area contributed by atoms with Crippen LogP contribution in [0, 0.1) is 5.82 Å². The molecule has 0 atom stereocenters. The number of imidazole rings is 1. The van der Waals surface area contributed by atoms with Crippen molar-refractivity contribution in [2.75, 3.05) is 33.3 Å². The van der Waals surface area contributed by atoms with E-state index < -0.39 is 0 Å². The number of nitrogens with zero attached hydrogens (tertiary/aromatic N) is 4. The van der Waals surface area contributed by atoms with Crippen LogP contribution in [0.25, 0.3) is 26.4 Å². The third-order valence-corrected chi connectivity index (χ3v) is 8.03. The van der Waals surface area contributed by atoms with E-state index >= 15 is 0 Å². The van der Waals surface area contributed by atoms with Crippen molar-refractivity contribution in [2.24, 2.45) is 0 Å². The van der Waals surface area contributed by atoms with Gasteiger partial charge in [-0.2, -0.15) is 0 Å². The molecular formula is C28H24ClFN4O2S. The van der Waals surface area contributed by atoms with Crippen molar-refractivity contribution in [3.05, 3.63) is 88.8 Å². The Balaban J connectivity index is 1.30. The molecule has 3 heterocycles. The third kappa shape index (κ3) is 4.56. The Morgan fingerprint density at radius 1 is 1.03 bits per heavy atom. The highest BCUT2D eigenvalue weighted by molar-refractivity contribution is 7.23. The molecule has 0 radical (unpaired) electrons.